The van der Waals surface area contributed by atoms with Crippen molar-refractivity contribution in [3.63, 3.8) is 0 Å². The Morgan fingerprint density at radius 2 is 1.93 bits per heavy atom. The van der Waals surface area contributed by atoms with Crippen molar-refractivity contribution < 1.29 is 17.4 Å². The fourth-order valence-electron chi connectivity index (χ4n) is 1.11. The topological polar surface area (TPSA) is 29.4 Å². The van der Waals surface area contributed by atoms with Crippen molar-refractivity contribution in [2.24, 2.45) is 10.3 Å². The van der Waals surface area contributed by atoms with Gasteiger partial charge in [-0.2, -0.15) is 13.2 Å². The summed E-state index contributed by atoms with van der Waals surface area (Å²) in [6, 6.07) is 0. The largest absolute Gasteiger partial charge is 0.417 e. The fourth-order valence-corrected chi connectivity index (χ4v) is 2.52. The van der Waals surface area contributed by atoms with Crippen LogP contribution in [0.4, 0.5) is 13.2 Å². The maximum Gasteiger partial charge on any atom is 0.417 e. The summed E-state index contributed by atoms with van der Waals surface area (Å²) in [4.78, 5) is 0. The molecule has 0 spiro atoms. The summed E-state index contributed by atoms with van der Waals surface area (Å²) in [6.07, 6.45) is -2.31. The number of hydrogen-bond donors (Lipinski definition) is 0. The van der Waals surface area contributed by atoms with E-state index in [1.807, 2.05) is 0 Å². The zero-order chi connectivity index (χ0) is 11.9. The van der Waals surface area contributed by atoms with E-state index in [9.17, 15) is 17.4 Å². The molecule has 0 saturated carbocycles. The summed E-state index contributed by atoms with van der Waals surface area (Å²) < 4.78 is 52.7. The van der Waals surface area contributed by atoms with E-state index in [4.69, 9.17) is 0 Å². The Balaban J connectivity index is 3.31. The van der Waals surface area contributed by atoms with Crippen LogP contribution in [0.5, 0.6) is 0 Å². The normalized spacial score (nSPS) is 27.1. The van der Waals surface area contributed by atoms with Crippen molar-refractivity contribution in [2.45, 2.75) is 20.0 Å². The highest BCUT2D eigenvalue weighted by atomic mass is 32.2. The Kier molecular flexibility index (Phi) is 3.00. The average molecular weight is 239 g/mol. The fraction of sp³-hybridized carbons (Fsp3) is 0.556. The van der Waals surface area contributed by atoms with Crippen molar-refractivity contribution in [1.82, 2.24) is 0 Å². The third-order valence-electron chi connectivity index (χ3n) is 1.85. The predicted molar refractivity (Wildman–Crippen MR) is 53.6 cm³/mol. The van der Waals surface area contributed by atoms with Crippen molar-refractivity contribution in [1.29, 1.82) is 0 Å². The number of allylic oxidation sites excluding steroid dienone is 3. The van der Waals surface area contributed by atoms with Crippen LogP contribution in [0.3, 0.4) is 0 Å². The molecule has 1 unspecified atom stereocenters. The summed E-state index contributed by atoms with van der Waals surface area (Å²) in [7, 11) is -2.88. The molecule has 1 aliphatic heterocycles. The second-order valence-electron chi connectivity index (χ2n) is 3.75. The van der Waals surface area contributed by atoms with E-state index < -0.39 is 21.5 Å². The molecule has 1 atom stereocenters. The summed E-state index contributed by atoms with van der Waals surface area (Å²) in [5.41, 5.74) is -0.633. The van der Waals surface area contributed by atoms with E-state index in [0.29, 0.717) is 5.41 Å². The lowest BCUT2D eigenvalue weighted by molar-refractivity contribution is -0.0881. The van der Waals surface area contributed by atoms with E-state index in [2.05, 4.69) is 4.36 Å². The first-order chi connectivity index (χ1) is 6.62. The molecule has 86 valence electrons. The van der Waals surface area contributed by atoms with Crippen LogP contribution in [0.15, 0.2) is 27.1 Å². The standard InChI is InChI=1S/C9H12F3NOS/c1-6(2)8-4-7(9(10,11)12)5-15(3,14)13-8/h4-6H,1-3H3. The molecule has 0 aromatic carbocycles. The van der Waals surface area contributed by atoms with Gasteiger partial charge in [0.2, 0.25) is 0 Å². The lowest BCUT2D eigenvalue weighted by Gasteiger charge is -2.16. The SMILES string of the molecule is CC(C)C1=CC(C(F)(F)F)=CS(C)(=O)=N1. The van der Waals surface area contributed by atoms with Crippen molar-refractivity contribution in [3.05, 3.63) is 22.8 Å². The van der Waals surface area contributed by atoms with E-state index in [1.54, 1.807) is 13.8 Å². The number of alkyl halides is 3. The van der Waals surface area contributed by atoms with E-state index in [-0.39, 0.29) is 11.6 Å². The first-order valence-corrected chi connectivity index (χ1v) is 6.33. The van der Waals surface area contributed by atoms with Crippen LogP contribution in [0.2, 0.25) is 0 Å². The van der Waals surface area contributed by atoms with Crippen molar-refractivity contribution in [2.75, 3.05) is 6.26 Å². The first kappa shape index (κ1) is 12.3. The van der Waals surface area contributed by atoms with Crippen molar-refractivity contribution in [3.8, 4) is 0 Å². The van der Waals surface area contributed by atoms with Gasteiger partial charge in [-0.05, 0) is 12.0 Å². The van der Waals surface area contributed by atoms with E-state index >= 15 is 0 Å². The Labute approximate surface area is 87.0 Å². The van der Waals surface area contributed by atoms with Crippen LogP contribution >= 0.6 is 0 Å². The second kappa shape index (κ2) is 3.66. The van der Waals surface area contributed by atoms with Gasteiger partial charge < -0.3 is 0 Å². The highest BCUT2D eigenvalue weighted by molar-refractivity contribution is 7.95. The van der Waals surface area contributed by atoms with Gasteiger partial charge in [-0.3, -0.25) is 0 Å². The van der Waals surface area contributed by atoms with Gasteiger partial charge >= 0.3 is 6.18 Å². The molecule has 0 fully saturated rings. The van der Waals surface area contributed by atoms with Gasteiger partial charge in [0.05, 0.1) is 21.0 Å². The highest BCUT2D eigenvalue weighted by Crippen LogP contribution is 2.32. The van der Waals surface area contributed by atoms with E-state index in [0.717, 1.165) is 6.08 Å². The predicted octanol–water partition coefficient (Wildman–Crippen LogP) is 3.08. The molecule has 0 aromatic heterocycles. The Hall–Kier alpha value is -0.780. The number of rotatable bonds is 1. The summed E-state index contributed by atoms with van der Waals surface area (Å²) in [6.45, 7) is 3.42. The highest BCUT2D eigenvalue weighted by Gasteiger charge is 2.34. The minimum Gasteiger partial charge on any atom is -0.245 e. The van der Waals surface area contributed by atoms with Crippen LogP contribution in [-0.4, -0.2) is 16.6 Å². The quantitative estimate of drug-likeness (QED) is 0.691. The Morgan fingerprint density at radius 1 is 1.40 bits per heavy atom. The van der Waals surface area contributed by atoms with Crippen LogP contribution < -0.4 is 0 Å². The maximum atomic E-state index is 12.4. The molecular weight excluding hydrogens is 227 g/mol. The van der Waals surface area contributed by atoms with Gasteiger partial charge in [-0.1, -0.05) is 13.8 Å². The molecule has 15 heavy (non-hydrogen) atoms. The molecule has 0 aromatic rings. The molecule has 1 rings (SSSR count). The van der Waals surface area contributed by atoms with Gasteiger partial charge in [0.15, 0.2) is 0 Å². The molecule has 0 aliphatic carbocycles. The molecular formula is C9H12F3NOS. The number of hydrogen-bond acceptors (Lipinski definition) is 2. The van der Waals surface area contributed by atoms with Crippen molar-refractivity contribution >= 4 is 9.73 Å². The number of nitrogens with zero attached hydrogens (tertiary/aromatic N) is 1. The molecule has 0 radical (unpaired) electrons. The Bertz CT molecular complexity index is 437. The monoisotopic (exact) mass is 239 g/mol. The molecule has 0 saturated heterocycles. The average Bonchev–Trinajstić information content (AvgIpc) is 1.99. The van der Waals surface area contributed by atoms with Crippen LogP contribution in [-0.2, 0) is 9.73 Å². The Morgan fingerprint density at radius 3 is 2.33 bits per heavy atom. The maximum absolute atomic E-state index is 12.4. The number of halogens is 3. The van der Waals surface area contributed by atoms with Crippen LogP contribution in [0.1, 0.15) is 13.8 Å². The smallest absolute Gasteiger partial charge is 0.245 e. The zero-order valence-corrected chi connectivity index (χ0v) is 9.45. The van der Waals surface area contributed by atoms with Crippen LogP contribution in [0, 0.1) is 5.92 Å². The minimum absolute atomic E-state index is 0.170. The summed E-state index contributed by atoms with van der Waals surface area (Å²) in [5, 5.41) is 0.693. The van der Waals surface area contributed by atoms with Gasteiger partial charge in [0.25, 0.3) is 0 Å². The molecule has 1 heterocycles. The third kappa shape index (κ3) is 3.09. The molecule has 0 amide bonds. The summed E-state index contributed by atoms with van der Waals surface area (Å²) in [5.74, 6) is -0.170. The first-order valence-electron chi connectivity index (χ1n) is 4.34. The van der Waals surface area contributed by atoms with Gasteiger partial charge in [0.1, 0.15) is 0 Å². The second-order valence-corrected chi connectivity index (χ2v) is 5.89. The van der Waals surface area contributed by atoms with Gasteiger partial charge in [0, 0.05) is 11.7 Å². The van der Waals surface area contributed by atoms with Gasteiger partial charge in [-0.15, -0.1) is 0 Å². The van der Waals surface area contributed by atoms with Crippen LogP contribution in [0.25, 0.3) is 0 Å². The summed E-state index contributed by atoms with van der Waals surface area (Å²) >= 11 is 0. The third-order valence-corrected chi connectivity index (χ3v) is 3.12. The molecule has 2 nitrogen and oxygen atoms in total. The molecule has 6 heteroatoms. The lowest BCUT2D eigenvalue weighted by atomic mass is 10.1. The zero-order valence-electron chi connectivity index (χ0n) is 8.63. The van der Waals surface area contributed by atoms with Gasteiger partial charge in [-0.25, -0.2) is 8.57 Å². The molecule has 1 aliphatic rings. The van der Waals surface area contributed by atoms with E-state index in [1.165, 1.54) is 6.26 Å². The molecule has 0 N–H and O–H groups in total. The minimum atomic E-state index is -4.46. The lowest BCUT2D eigenvalue weighted by Crippen LogP contribution is -2.15. The molecule has 0 bridgehead atoms.